The number of hydrogen-bond donors (Lipinski definition) is 0. The summed E-state index contributed by atoms with van der Waals surface area (Å²) >= 11 is 0. The fraction of sp³-hybridized carbons (Fsp3) is 0.286. The van der Waals surface area contributed by atoms with E-state index in [1.54, 1.807) is 6.92 Å². The fourth-order valence-corrected chi connectivity index (χ4v) is 1.89. The van der Waals surface area contributed by atoms with Crippen molar-refractivity contribution in [2.45, 2.75) is 6.92 Å². The molecule has 0 unspecified atom stereocenters. The molecule has 0 saturated heterocycles. The van der Waals surface area contributed by atoms with Gasteiger partial charge in [-0.25, -0.2) is 12.4 Å². The lowest BCUT2D eigenvalue weighted by Gasteiger charge is -2.00. The van der Waals surface area contributed by atoms with Crippen LogP contribution in [0.4, 0.5) is 0 Å². The standard InChI is InChI=1S/C7H9NO3S/c1-6-3-7(5-9)4-8(6)12(2,10)11/h3-5H,1-2H3. The molecule has 0 radical (unpaired) electrons. The van der Waals surface area contributed by atoms with Crippen LogP contribution in [-0.2, 0) is 10.0 Å². The number of carbonyl (C=O) groups excluding carboxylic acids is 1. The summed E-state index contributed by atoms with van der Waals surface area (Å²) < 4.78 is 23.1. The molecule has 0 aliphatic carbocycles. The van der Waals surface area contributed by atoms with Gasteiger partial charge in [0.1, 0.15) is 0 Å². The Hall–Kier alpha value is -1.10. The summed E-state index contributed by atoms with van der Waals surface area (Å²) in [6, 6.07) is 1.52. The number of aryl methyl sites for hydroxylation is 1. The molecule has 1 rings (SSSR count). The Morgan fingerprint density at radius 2 is 2.08 bits per heavy atom. The van der Waals surface area contributed by atoms with Gasteiger partial charge in [-0.3, -0.25) is 4.79 Å². The second kappa shape index (κ2) is 2.75. The highest BCUT2D eigenvalue weighted by Gasteiger charge is 2.09. The van der Waals surface area contributed by atoms with Crippen molar-refractivity contribution in [3.05, 3.63) is 23.5 Å². The average molecular weight is 187 g/mol. The highest BCUT2D eigenvalue weighted by molar-refractivity contribution is 7.89. The number of hydrogen-bond acceptors (Lipinski definition) is 3. The first-order valence-electron chi connectivity index (χ1n) is 3.30. The fourth-order valence-electron chi connectivity index (χ4n) is 1.00. The zero-order valence-corrected chi connectivity index (χ0v) is 7.63. The molecule has 0 bridgehead atoms. The van der Waals surface area contributed by atoms with E-state index in [9.17, 15) is 13.2 Å². The number of nitrogens with zero attached hydrogens (tertiary/aromatic N) is 1. The summed E-state index contributed by atoms with van der Waals surface area (Å²) in [7, 11) is -3.26. The Bertz CT molecular complexity index is 402. The van der Waals surface area contributed by atoms with Crippen molar-refractivity contribution in [1.29, 1.82) is 0 Å². The lowest BCUT2D eigenvalue weighted by atomic mass is 10.3. The summed E-state index contributed by atoms with van der Waals surface area (Å²) in [6.45, 7) is 1.63. The van der Waals surface area contributed by atoms with Gasteiger partial charge in [-0.05, 0) is 13.0 Å². The van der Waals surface area contributed by atoms with Crippen molar-refractivity contribution < 1.29 is 13.2 Å². The summed E-state index contributed by atoms with van der Waals surface area (Å²) in [5.74, 6) is 0. The van der Waals surface area contributed by atoms with Gasteiger partial charge in [0, 0.05) is 17.5 Å². The summed E-state index contributed by atoms with van der Waals surface area (Å²) in [5, 5.41) is 0. The second-order valence-electron chi connectivity index (χ2n) is 2.59. The van der Waals surface area contributed by atoms with Crippen molar-refractivity contribution in [2.24, 2.45) is 0 Å². The predicted octanol–water partition coefficient (Wildman–Crippen LogP) is 0.417. The van der Waals surface area contributed by atoms with Crippen LogP contribution in [0.25, 0.3) is 0 Å². The van der Waals surface area contributed by atoms with Gasteiger partial charge in [-0.2, -0.15) is 0 Å². The lowest BCUT2D eigenvalue weighted by molar-refractivity contribution is 0.112. The van der Waals surface area contributed by atoms with Crippen LogP contribution in [0.15, 0.2) is 12.3 Å². The molecule has 0 saturated carbocycles. The molecule has 0 fully saturated rings. The maximum Gasteiger partial charge on any atom is 0.235 e. The quantitative estimate of drug-likeness (QED) is 0.630. The van der Waals surface area contributed by atoms with E-state index in [1.165, 1.54) is 12.3 Å². The zero-order valence-electron chi connectivity index (χ0n) is 6.81. The molecule has 0 atom stereocenters. The Labute approximate surface area is 70.9 Å². The van der Waals surface area contributed by atoms with Crippen molar-refractivity contribution in [3.63, 3.8) is 0 Å². The Kier molecular flexibility index (Phi) is 2.06. The highest BCUT2D eigenvalue weighted by Crippen LogP contribution is 2.07. The first-order valence-corrected chi connectivity index (χ1v) is 5.14. The SMILES string of the molecule is Cc1cc(C=O)cn1S(C)(=O)=O. The molecule has 4 nitrogen and oxygen atoms in total. The number of aromatic nitrogens is 1. The average Bonchev–Trinajstić information content (AvgIpc) is 2.29. The van der Waals surface area contributed by atoms with Gasteiger partial charge in [0.15, 0.2) is 6.29 Å². The van der Waals surface area contributed by atoms with Gasteiger partial charge in [-0.1, -0.05) is 0 Å². The molecule has 0 amide bonds. The Morgan fingerprint density at radius 3 is 2.33 bits per heavy atom. The molecule has 5 heteroatoms. The summed E-state index contributed by atoms with van der Waals surface area (Å²) in [6.07, 6.45) is 3.01. The van der Waals surface area contributed by atoms with Crippen molar-refractivity contribution in [3.8, 4) is 0 Å². The Morgan fingerprint density at radius 1 is 1.50 bits per heavy atom. The minimum absolute atomic E-state index is 0.373. The maximum atomic E-state index is 11.0. The third-order valence-corrected chi connectivity index (χ3v) is 2.59. The van der Waals surface area contributed by atoms with E-state index in [1.807, 2.05) is 0 Å². The Balaban J connectivity index is 3.36. The van der Waals surface area contributed by atoms with E-state index in [2.05, 4.69) is 0 Å². The van der Waals surface area contributed by atoms with E-state index in [4.69, 9.17) is 0 Å². The van der Waals surface area contributed by atoms with Crippen LogP contribution in [0, 0.1) is 6.92 Å². The number of aldehydes is 1. The van der Waals surface area contributed by atoms with E-state index in [0.717, 1.165) is 10.2 Å². The largest absolute Gasteiger partial charge is 0.298 e. The van der Waals surface area contributed by atoms with Gasteiger partial charge in [0.2, 0.25) is 10.0 Å². The van der Waals surface area contributed by atoms with Crippen molar-refractivity contribution in [2.75, 3.05) is 6.26 Å². The lowest BCUT2D eigenvalue weighted by Crippen LogP contribution is -2.09. The van der Waals surface area contributed by atoms with Gasteiger partial charge in [0.25, 0.3) is 0 Å². The number of rotatable bonds is 2. The normalized spacial score (nSPS) is 11.5. The molecule has 0 aliphatic heterocycles. The topological polar surface area (TPSA) is 56.1 Å². The van der Waals surface area contributed by atoms with Crippen molar-refractivity contribution >= 4 is 16.3 Å². The van der Waals surface area contributed by atoms with Crippen LogP contribution in [0.1, 0.15) is 16.1 Å². The first kappa shape index (κ1) is 8.99. The molecular weight excluding hydrogens is 178 g/mol. The van der Waals surface area contributed by atoms with E-state index >= 15 is 0 Å². The second-order valence-corrected chi connectivity index (χ2v) is 4.45. The minimum Gasteiger partial charge on any atom is -0.298 e. The van der Waals surface area contributed by atoms with Crippen LogP contribution in [0.3, 0.4) is 0 Å². The smallest absolute Gasteiger partial charge is 0.235 e. The van der Waals surface area contributed by atoms with Crippen LogP contribution in [0.2, 0.25) is 0 Å². The summed E-state index contributed by atoms with van der Waals surface area (Å²) in [5.41, 5.74) is 0.914. The van der Waals surface area contributed by atoms with Crippen LogP contribution in [0.5, 0.6) is 0 Å². The predicted molar refractivity (Wildman–Crippen MR) is 44.8 cm³/mol. The first-order chi connectivity index (χ1) is 5.45. The number of carbonyl (C=O) groups is 1. The molecule has 0 aliphatic rings. The van der Waals surface area contributed by atoms with Crippen LogP contribution < -0.4 is 0 Å². The molecule has 1 heterocycles. The van der Waals surface area contributed by atoms with Gasteiger partial charge >= 0.3 is 0 Å². The van der Waals surface area contributed by atoms with Crippen molar-refractivity contribution in [1.82, 2.24) is 3.97 Å². The third kappa shape index (κ3) is 1.55. The minimum atomic E-state index is -3.26. The zero-order chi connectivity index (χ0) is 9.35. The molecule has 1 aromatic rings. The molecule has 0 aromatic carbocycles. The monoisotopic (exact) mass is 187 g/mol. The van der Waals surface area contributed by atoms with Gasteiger partial charge < -0.3 is 0 Å². The van der Waals surface area contributed by atoms with Crippen LogP contribution in [-0.4, -0.2) is 24.9 Å². The molecule has 1 aromatic heterocycles. The van der Waals surface area contributed by atoms with Crippen LogP contribution >= 0.6 is 0 Å². The van der Waals surface area contributed by atoms with E-state index in [-0.39, 0.29) is 0 Å². The van der Waals surface area contributed by atoms with Gasteiger partial charge in [0.05, 0.1) is 6.26 Å². The van der Waals surface area contributed by atoms with E-state index < -0.39 is 10.0 Å². The van der Waals surface area contributed by atoms with E-state index in [0.29, 0.717) is 17.5 Å². The van der Waals surface area contributed by atoms with Gasteiger partial charge in [-0.15, -0.1) is 0 Å². The molecule has 66 valence electrons. The highest BCUT2D eigenvalue weighted by atomic mass is 32.2. The summed E-state index contributed by atoms with van der Waals surface area (Å²) in [4.78, 5) is 10.3. The molecule has 0 spiro atoms. The maximum absolute atomic E-state index is 11.0. The molecular formula is C7H9NO3S. The third-order valence-electron chi connectivity index (χ3n) is 1.48. The molecule has 12 heavy (non-hydrogen) atoms. The molecule has 0 N–H and O–H groups in total.